The summed E-state index contributed by atoms with van der Waals surface area (Å²) in [5, 5.41) is 15.5. The van der Waals surface area contributed by atoms with Crippen LogP contribution in [0.1, 0.15) is 48.8 Å². The molecule has 2 aromatic carbocycles. The number of ketones is 1. The quantitative estimate of drug-likeness (QED) is 0.246. The van der Waals surface area contributed by atoms with Crippen molar-refractivity contribution < 1.29 is 19.2 Å². The van der Waals surface area contributed by atoms with Crippen molar-refractivity contribution >= 4 is 17.4 Å². The fourth-order valence-corrected chi connectivity index (χ4v) is 3.28. The van der Waals surface area contributed by atoms with E-state index in [2.05, 4.69) is 5.10 Å². The fraction of sp³-hybridized carbons (Fsp3) is 0.261. The topological polar surface area (TPSA) is 104 Å². The molecule has 0 aliphatic rings. The van der Waals surface area contributed by atoms with Gasteiger partial charge in [-0.1, -0.05) is 42.0 Å². The highest BCUT2D eigenvalue weighted by atomic mass is 16.6. The van der Waals surface area contributed by atoms with Crippen LogP contribution >= 0.6 is 0 Å². The van der Waals surface area contributed by atoms with E-state index < -0.39 is 23.3 Å². The average Bonchev–Trinajstić information content (AvgIpc) is 3.00. The number of ether oxygens (including phenoxy) is 1. The van der Waals surface area contributed by atoms with Gasteiger partial charge in [-0.3, -0.25) is 19.6 Å². The maximum absolute atomic E-state index is 12.6. The first-order valence-electron chi connectivity index (χ1n) is 9.72. The number of esters is 1. The molecule has 8 nitrogen and oxygen atoms in total. The van der Waals surface area contributed by atoms with Gasteiger partial charge < -0.3 is 4.74 Å². The fourth-order valence-electron chi connectivity index (χ4n) is 3.28. The van der Waals surface area contributed by atoms with Gasteiger partial charge in [0.2, 0.25) is 5.78 Å². The molecule has 31 heavy (non-hydrogen) atoms. The summed E-state index contributed by atoms with van der Waals surface area (Å²) in [5.74, 6) is -1.17. The lowest BCUT2D eigenvalue weighted by Crippen LogP contribution is -2.16. The van der Waals surface area contributed by atoms with Gasteiger partial charge in [0.05, 0.1) is 22.9 Å². The number of hydrogen-bond acceptors (Lipinski definition) is 6. The van der Waals surface area contributed by atoms with E-state index in [0.717, 1.165) is 11.1 Å². The highest BCUT2D eigenvalue weighted by molar-refractivity contribution is 6.00. The first-order chi connectivity index (χ1) is 14.7. The number of carbonyl (C=O) groups excluding carboxylic acids is 2. The van der Waals surface area contributed by atoms with Gasteiger partial charge in [-0.25, -0.2) is 4.79 Å². The normalized spacial score (nSPS) is 10.7. The van der Waals surface area contributed by atoms with Crippen molar-refractivity contribution in [3.05, 3.63) is 91.8 Å². The minimum atomic E-state index is -0.653. The standard InChI is InChI=1S/C23H23N3O5/c1-14-5-8-18(9-6-14)12-25-17(4)22(16(3)24-25)23(28)31-13-21(27)19-10-7-15(2)20(11-19)26(29)30/h5-11H,12-13H2,1-4H3. The number of hydrogen-bond donors (Lipinski definition) is 0. The summed E-state index contributed by atoms with van der Waals surface area (Å²) in [6.45, 7) is 7.08. The van der Waals surface area contributed by atoms with Crippen LogP contribution in [0.15, 0.2) is 42.5 Å². The highest BCUT2D eigenvalue weighted by Gasteiger charge is 2.22. The molecule has 0 bridgehead atoms. The number of aromatic nitrogens is 2. The Morgan fingerprint density at radius 3 is 2.39 bits per heavy atom. The van der Waals surface area contributed by atoms with Crippen LogP contribution in [0.25, 0.3) is 0 Å². The van der Waals surface area contributed by atoms with Crippen LogP contribution in [0.4, 0.5) is 5.69 Å². The van der Waals surface area contributed by atoms with Crippen molar-refractivity contribution in [2.24, 2.45) is 0 Å². The van der Waals surface area contributed by atoms with Crippen LogP contribution in [-0.4, -0.2) is 33.1 Å². The second kappa shape index (κ2) is 8.91. The van der Waals surface area contributed by atoms with Gasteiger partial charge in [-0.05, 0) is 33.3 Å². The number of nitro groups is 1. The van der Waals surface area contributed by atoms with Crippen LogP contribution in [0.2, 0.25) is 0 Å². The monoisotopic (exact) mass is 421 g/mol. The summed E-state index contributed by atoms with van der Waals surface area (Å²) in [5.41, 5.74) is 4.09. The number of Topliss-reactive ketones (excluding diaryl/α,β-unsaturated/α-hetero) is 1. The molecule has 0 amide bonds. The lowest BCUT2D eigenvalue weighted by Gasteiger charge is -2.07. The summed E-state index contributed by atoms with van der Waals surface area (Å²) in [7, 11) is 0. The first-order valence-corrected chi connectivity index (χ1v) is 9.72. The number of nitro benzene ring substituents is 1. The molecule has 3 rings (SSSR count). The SMILES string of the molecule is Cc1ccc(Cn2nc(C)c(C(=O)OCC(=O)c3ccc(C)c([N+](=O)[O-])c3)c2C)cc1. The van der Waals surface area contributed by atoms with E-state index in [1.165, 1.54) is 18.2 Å². The zero-order chi connectivity index (χ0) is 22.7. The zero-order valence-electron chi connectivity index (χ0n) is 17.8. The molecule has 0 unspecified atom stereocenters. The largest absolute Gasteiger partial charge is 0.454 e. The first kappa shape index (κ1) is 21.9. The maximum atomic E-state index is 12.6. The molecule has 0 radical (unpaired) electrons. The molecule has 0 spiro atoms. The Morgan fingerprint density at radius 2 is 1.74 bits per heavy atom. The van der Waals surface area contributed by atoms with Crippen molar-refractivity contribution in [2.45, 2.75) is 34.2 Å². The van der Waals surface area contributed by atoms with Gasteiger partial charge in [0.1, 0.15) is 5.56 Å². The van der Waals surface area contributed by atoms with Crippen LogP contribution in [0, 0.1) is 37.8 Å². The number of nitrogens with zero attached hydrogens (tertiary/aromatic N) is 3. The minimum Gasteiger partial charge on any atom is -0.454 e. The molecule has 1 heterocycles. The Morgan fingerprint density at radius 1 is 1.06 bits per heavy atom. The molecule has 0 aliphatic heterocycles. The summed E-state index contributed by atoms with van der Waals surface area (Å²) in [6, 6.07) is 12.2. The van der Waals surface area contributed by atoms with Crippen molar-refractivity contribution in [2.75, 3.05) is 6.61 Å². The molecule has 0 fully saturated rings. The summed E-state index contributed by atoms with van der Waals surface area (Å²) < 4.78 is 6.93. The zero-order valence-corrected chi connectivity index (χ0v) is 17.8. The molecule has 8 heteroatoms. The van der Waals surface area contributed by atoms with Crippen molar-refractivity contribution in [1.29, 1.82) is 0 Å². The summed E-state index contributed by atoms with van der Waals surface area (Å²) in [6.07, 6.45) is 0. The molecular weight excluding hydrogens is 398 g/mol. The predicted octanol–water partition coefficient (Wildman–Crippen LogP) is 4.11. The van der Waals surface area contributed by atoms with Gasteiger partial charge in [-0.2, -0.15) is 5.10 Å². The van der Waals surface area contributed by atoms with E-state index in [9.17, 15) is 19.7 Å². The third-order valence-electron chi connectivity index (χ3n) is 5.10. The minimum absolute atomic E-state index is 0.119. The lowest BCUT2D eigenvalue weighted by atomic mass is 10.1. The summed E-state index contributed by atoms with van der Waals surface area (Å²) in [4.78, 5) is 35.5. The third-order valence-corrected chi connectivity index (χ3v) is 5.10. The Balaban J connectivity index is 1.71. The molecular formula is C23H23N3O5. The van der Waals surface area contributed by atoms with Crippen molar-refractivity contribution in [1.82, 2.24) is 9.78 Å². The highest BCUT2D eigenvalue weighted by Crippen LogP contribution is 2.20. The Labute approximate surface area is 179 Å². The van der Waals surface area contributed by atoms with Crippen LogP contribution in [0.5, 0.6) is 0 Å². The summed E-state index contributed by atoms with van der Waals surface area (Å²) >= 11 is 0. The lowest BCUT2D eigenvalue weighted by molar-refractivity contribution is -0.385. The van der Waals surface area contributed by atoms with E-state index in [0.29, 0.717) is 29.1 Å². The molecule has 3 aromatic rings. The molecule has 0 saturated heterocycles. The van der Waals surface area contributed by atoms with E-state index in [1.807, 2.05) is 31.2 Å². The van der Waals surface area contributed by atoms with Gasteiger partial charge in [0.25, 0.3) is 5.69 Å². The molecule has 0 atom stereocenters. The van der Waals surface area contributed by atoms with Gasteiger partial charge >= 0.3 is 5.97 Å². The van der Waals surface area contributed by atoms with E-state index in [-0.39, 0.29) is 11.3 Å². The molecule has 0 N–H and O–H groups in total. The van der Waals surface area contributed by atoms with Crippen LogP contribution < -0.4 is 0 Å². The maximum Gasteiger partial charge on any atom is 0.342 e. The Bertz CT molecular complexity index is 1160. The molecule has 0 saturated carbocycles. The van der Waals surface area contributed by atoms with E-state index in [4.69, 9.17) is 4.74 Å². The third kappa shape index (κ3) is 4.85. The van der Waals surface area contributed by atoms with Gasteiger partial charge in [0, 0.05) is 17.2 Å². The average molecular weight is 421 g/mol. The van der Waals surface area contributed by atoms with Crippen LogP contribution in [0.3, 0.4) is 0 Å². The van der Waals surface area contributed by atoms with E-state index >= 15 is 0 Å². The predicted molar refractivity (Wildman–Crippen MR) is 114 cm³/mol. The second-order valence-electron chi connectivity index (χ2n) is 7.45. The number of benzene rings is 2. The molecule has 160 valence electrons. The molecule has 0 aliphatic carbocycles. The van der Waals surface area contributed by atoms with E-state index in [1.54, 1.807) is 25.5 Å². The number of carbonyl (C=O) groups is 2. The van der Waals surface area contributed by atoms with Gasteiger partial charge in [0.15, 0.2) is 6.61 Å². The smallest absolute Gasteiger partial charge is 0.342 e. The second-order valence-corrected chi connectivity index (χ2v) is 7.45. The van der Waals surface area contributed by atoms with Gasteiger partial charge in [-0.15, -0.1) is 0 Å². The number of rotatable bonds is 7. The number of aryl methyl sites for hydroxylation is 3. The van der Waals surface area contributed by atoms with Crippen molar-refractivity contribution in [3.8, 4) is 0 Å². The Kier molecular flexibility index (Phi) is 6.29. The van der Waals surface area contributed by atoms with Crippen molar-refractivity contribution in [3.63, 3.8) is 0 Å². The molecule has 1 aromatic heterocycles. The van der Waals surface area contributed by atoms with Crippen LogP contribution in [-0.2, 0) is 11.3 Å². The Hall–Kier alpha value is -3.81.